The molecule has 1 N–H and O–H groups in total. The van der Waals surface area contributed by atoms with Crippen LogP contribution < -0.4 is 5.32 Å². The van der Waals surface area contributed by atoms with Gasteiger partial charge in [0.1, 0.15) is 25.3 Å². The molecule has 1 aromatic carbocycles. The van der Waals surface area contributed by atoms with Crippen molar-refractivity contribution in [1.82, 2.24) is 25.0 Å². The van der Waals surface area contributed by atoms with Gasteiger partial charge in [0, 0.05) is 5.69 Å². The second-order valence-corrected chi connectivity index (χ2v) is 6.03. The first-order valence-electron chi connectivity index (χ1n) is 6.91. The highest BCUT2D eigenvalue weighted by molar-refractivity contribution is 7.99. The largest absolute Gasteiger partial charge is 0.414 e. The normalized spacial score (nSPS) is 10.4. The summed E-state index contributed by atoms with van der Waals surface area (Å²) >= 11 is 7.03. The Kier molecular flexibility index (Phi) is 5.27. The number of benzene rings is 1. The molecule has 0 aliphatic heterocycles. The Balaban J connectivity index is 1.51. The van der Waals surface area contributed by atoms with Gasteiger partial charge in [-0.25, -0.2) is 9.67 Å². The monoisotopic (exact) mass is 375 g/mol. The lowest BCUT2D eigenvalue weighted by Crippen LogP contribution is -2.14. The molecule has 0 fully saturated rings. The van der Waals surface area contributed by atoms with Crippen molar-refractivity contribution in [2.24, 2.45) is 0 Å². The van der Waals surface area contributed by atoms with E-state index < -0.39 is 0 Å². The maximum Gasteiger partial charge on any atom is 0.277 e. The highest BCUT2D eigenvalue weighted by atomic mass is 35.5. The SMILES string of the molecule is N#Cc1ccc(NC(=O)CSc2nnc(Cn3cncn3)o2)cc1Cl. The van der Waals surface area contributed by atoms with E-state index in [4.69, 9.17) is 21.3 Å². The van der Waals surface area contributed by atoms with E-state index in [0.717, 1.165) is 11.8 Å². The highest BCUT2D eigenvalue weighted by Crippen LogP contribution is 2.21. The fourth-order valence-corrected chi connectivity index (χ4v) is 2.62. The summed E-state index contributed by atoms with van der Waals surface area (Å²) in [6.07, 6.45) is 2.94. The molecule has 25 heavy (non-hydrogen) atoms. The zero-order valence-electron chi connectivity index (χ0n) is 12.6. The lowest BCUT2D eigenvalue weighted by atomic mass is 10.2. The van der Waals surface area contributed by atoms with Gasteiger partial charge >= 0.3 is 0 Å². The minimum atomic E-state index is -0.262. The van der Waals surface area contributed by atoms with Gasteiger partial charge in [0.2, 0.25) is 11.8 Å². The van der Waals surface area contributed by atoms with E-state index in [2.05, 4.69) is 25.6 Å². The van der Waals surface area contributed by atoms with Crippen molar-refractivity contribution < 1.29 is 9.21 Å². The molecule has 1 amide bonds. The maximum absolute atomic E-state index is 12.0. The van der Waals surface area contributed by atoms with Crippen molar-refractivity contribution in [3.05, 3.63) is 47.3 Å². The van der Waals surface area contributed by atoms with Gasteiger partial charge in [-0.3, -0.25) is 4.79 Å². The number of hydrogen-bond acceptors (Lipinski definition) is 8. The van der Waals surface area contributed by atoms with Gasteiger partial charge in [0.25, 0.3) is 5.22 Å². The van der Waals surface area contributed by atoms with Crippen LogP contribution in [0.5, 0.6) is 0 Å². The first kappa shape index (κ1) is 16.9. The number of nitriles is 1. The summed E-state index contributed by atoms with van der Waals surface area (Å²) < 4.78 is 6.97. The molecule has 0 radical (unpaired) electrons. The predicted octanol–water partition coefficient (Wildman–Crippen LogP) is 1.97. The Morgan fingerprint density at radius 2 is 2.32 bits per heavy atom. The van der Waals surface area contributed by atoms with Gasteiger partial charge < -0.3 is 9.73 Å². The molecule has 0 bridgehead atoms. The molecule has 0 atom stereocenters. The minimum Gasteiger partial charge on any atom is -0.414 e. The number of anilines is 1. The van der Waals surface area contributed by atoms with Crippen LogP contribution in [-0.4, -0.2) is 36.6 Å². The standard InChI is InChI=1S/C14H10ClN7O2S/c15-11-3-10(2-1-9(11)4-16)19-12(23)6-25-14-21-20-13(24-14)5-22-8-17-7-18-22/h1-3,7-8H,5-6H2,(H,19,23). The predicted molar refractivity (Wildman–Crippen MR) is 88.9 cm³/mol. The summed E-state index contributed by atoms with van der Waals surface area (Å²) in [5.74, 6) is 0.192. The number of carbonyl (C=O) groups is 1. The summed E-state index contributed by atoms with van der Waals surface area (Å²) in [6.45, 7) is 0.309. The third-order valence-electron chi connectivity index (χ3n) is 2.91. The van der Waals surface area contributed by atoms with E-state index in [1.165, 1.54) is 18.7 Å². The van der Waals surface area contributed by atoms with Crippen LogP contribution in [0.15, 0.2) is 40.5 Å². The van der Waals surface area contributed by atoms with Gasteiger partial charge in [0.05, 0.1) is 16.3 Å². The zero-order valence-corrected chi connectivity index (χ0v) is 14.2. The van der Waals surface area contributed by atoms with Crippen molar-refractivity contribution in [3.8, 4) is 6.07 Å². The molecule has 0 aliphatic carbocycles. The summed E-state index contributed by atoms with van der Waals surface area (Å²) in [6, 6.07) is 6.62. The fourth-order valence-electron chi connectivity index (χ4n) is 1.82. The van der Waals surface area contributed by atoms with E-state index in [9.17, 15) is 4.79 Å². The fraction of sp³-hybridized carbons (Fsp3) is 0.143. The summed E-state index contributed by atoms with van der Waals surface area (Å²) in [5, 5.41) is 23.7. The molecule has 126 valence electrons. The average Bonchev–Trinajstić information content (AvgIpc) is 3.26. The molecule has 11 heteroatoms. The van der Waals surface area contributed by atoms with Crippen molar-refractivity contribution in [3.63, 3.8) is 0 Å². The van der Waals surface area contributed by atoms with Gasteiger partial charge in [-0.15, -0.1) is 10.2 Å². The Morgan fingerprint density at radius 3 is 3.04 bits per heavy atom. The topological polar surface area (TPSA) is 123 Å². The van der Waals surface area contributed by atoms with Crippen molar-refractivity contribution in [2.45, 2.75) is 11.8 Å². The van der Waals surface area contributed by atoms with Crippen LogP contribution in [0.3, 0.4) is 0 Å². The first-order valence-corrected chi connectivity index (χ1v) is 8.27. The molecule has 3 rings (SSSR count). The van der Waals surface area contributed by atoms with Crippen LogP contribution in [0.25, 0.3) is 0 Å². The molecule has 2 aromatic heterocycles. The number of hydrogen-bond donors (Lipinski definition) is 1. The van der Waals surface area contributed by atoms with Crippen LogP contribution >= 0.6 is 23.4 Å². The second kappa shape index (κ2) is 7.78. The average molecular weight is 376 g/mol. The quantitative estimate of drug-likeness (QED) is 0.648. The van der Waals surface area contributed by atoms with Crippen molar-refractivity contribution in [1.29, 1.82) is 5.26 Å². The molecule has 0 saturated heterocycles. The lowest BCUT2D eigenvalue weighted by molar-refractivity contribution is -0.113. The number of rotatable bonds is 6. The molecule has 0 unspecified atom stereocenters. The van der Waals surface area contributed by atoms with Crippen LogP contribution in [0, 0.1) is 11.3 Å². The van der Waals surface area contributed by atoms with Gasteiger partial charge in [-0.05, 0) is 18.2 Å². The molecule has 0 aliphatic rings. The van der Waals surface area contributed by atoms with E-state index in [-0.39, 0.29) is 21.9 Å². The van der Waals surface area contributed by atoms with Gasteiger partial charge in [-0.1, -0.05) is 23.4 Å². The number of aromatic nitrogens is 5. The van der Waals surface area contributed by atoms with Gasteiger partial charge in [0.15, 0.2) is 0 Å². The molecule has 9 nitrogen and oxygen atoms in total. The Morgan fingerprint density at radius 1 is 1.44 bits per heavy atom. The minimum absolute atomic E-state index is 0.0859. The number of nitrogens with one attached hydrogen (secondary N) is 1. The molecule has 3 aromatic rings. The van der Waals surface area contributed by atoms with Crippen LogP contribution in [0.1, 0.15) is 11.5 Å². The second-order valence-electron chi connectivity index (χ2n) is 4.70. The number of carbonyl (C=O) groups excluding carboxylic acids is 1. The third-order valence-corrected chi connectivity index (χ3v) is 4.04. The van der Waals surface area contributed by atoms with Crippen LogP contribution in [0.2, 0.25) is 5.02 Å². The zero-order chi connectivity index (χ0) is 17.6. The maximum atomic E-state index is 12.0. The Bertz CT molecular complexity index is 920. The molecular weight excluding hydrogens is 366 g/mol. The molecule has 0 saturated carbocycles. The Labute approximate surface area is 151 Å². The first-order chi connectivity index (χ1) is 12.1. The van der Waals surface area contributed by atoms with E-state index >= 15 is 0 Å². The van der Waals surface area contributed by atoms with Crippen LogP contribution in [0.4, 0.5) is 5.69 Å². The number of nitrogens with zero attached hydrogens (tertiary/aromatic N) is 6. The molecule has 2 heterocycles. The van der Waals surface area contributed by atoms with Gasteiger partial charge in [-0.2, -0.15) is 10.4 Å². The summed E-state index contributed by atoms with van der Waals surface area (Å²) in [5.41, 5.74) is 0.854. The summed E-state index contributed by atoms with van der Waals surface area (Å²) in [4.78, 5) is 15.8. The van der Waals surface area contributed by atoms with Crippen LogP contribution in [-0.2, 0) is 11.3 Å². The smallest absolute Gasteiger partial charge is 0.277 e. The number of amides is 1. The third kappa shape index (κ3) is 4.56. The van der Waals surface area contributed by atoms with E-state index in [0.29, 0.717) is 23.7 Å². The number of halogens is 1. The molecule has 0 spiro atoms. The molecular formula is C14H10ClN7O2S. The lowest BCUT2D eigenvalue weighted by Gasteiger charge is -2.05. The summed E-state index contributed by atoms with van der Waals surface area (Å²) in [7, 11) is 0. The highest BCUT2D eigenvalue weighted by Gasteiger charge is 2.11. The Hall–Kier alpha value is -2.90. The van der Waals surface area contributed by atoms with E-state index in [1.54, 1.807) is 16.8 Å². The van der Waals surface area contributed by atoms with E-state index in [1.807, 2.05) is 6.07 Å². The van der Waals surface area contributed by atoms with Crippen molar-refractivity contribution in [2.75, 3.05) is 11.1 Å². The van der Waals surface area contributed by atoms with Crippen molar-refractivity contribution >= 4 is 35.0 Å². The number of thioether (sulfide) groups is 1.